The number of halogens is 1. The second-order valence-corrected chi connectivity index (χ2v) is 9.03. The van der Waals surface area contributed by atoms with Gasteiger partial charge in [-0.1, -0.05) is 18.0 Å². The number of anilines is 1. The molecule has 1 aromatic rings. The number of nitrogens with zero attached hydrogens (tertiary/aromatic N) is 1. The van der Waals surface area contributed by atoms with Gasteiger partial charge in [0.25, 0.3) is 0 Å². The average molecular weight is 437 g/mol. The van der Waals surface area contributed by atoms with Crippen molar-refractivity contribution in [3.8, 4) is 5.75 Å². The van der Waals surface area contributed by atoms with Crippen molar-refractivity contribution in [1.29, 1.82) is 0 Å². The van der Waals surface area contributed by atoms with Gasteiger partial charge in [0.05, 0.1) is 12.8 Å². The fraction of sp³-hybridized carbons (Fsp3) is 0.636. The SMILES string of the molecule is COc1ccc(Cl)cc1N1CCC(NC(=O)NC2CCCC(C(=O)NC(C)C)C2)C1. The van der Waals surface area contributed by atoms with Gasteiger partial charge in [-0.2, -0.15) is 0 Å². The van der Waals surface area contributed by atoms with Crippen molar-refractivity contribution in [2.75, 3.05) is 25.1 Å². The highest BCUT2D eigenvalue weighted by atomic mass is 35.5. The molecule has 1 aromatic carbocycles. The van der Waals surface area contributed by atoms with E-state index in [4.69, 9.17) is 16.3 Å². The average Bonchev–Trinajstić information content (AvgIpc) is 3.15. The summed E-state index contributed by atoms with van der Waals surface area (Å²) < 4.78 is 5.45. The Balaban J connectivity index is 1.49. The first-order valence-corrected chi connectivity index (χ1v) is 11.2. The molecule has 1 saturated heterocycles. The van der Waals surface area contributed by atoms with Crippen LogP contribution in [0.25, 0.3) is 0 Å². The fourth-order valence-corrected chi connectivity index (χ4v) is 4.55. The van der Waals surface area contributed by atoms with Crippen molar-refractivity contribution in [2.45, 2.75) is 64.1 Å². The van der Waals surface area contributed by atoms with E-state index in [2.05, 4.69) is 20.9 Å². The molecule has 0 radical (unpaired) electrons. The summed E-state index contributed by atoms with van der Waals surface area (Å²) in [6, 6.07) is 5.63. The lowest BCUT2D eigenvalue weighted by atomic mass is 9.85. The van der Waals surface area contributed by atoms with Crippen molar-refractivity contribution in [3.05, 3.63) is 23.2 Å². The number of urea groups is 1. The van der Waals surface area contributed by atoms with Crippen LogP contribution in [0.2, 0.25) is 5.02 Å². The number of rotatable bonds is 6. The molecule has 1 heterocycles. The van der Waals surface area contributed by atoms with E-state index in [1.165, 1.54) is 0 Å². The lowest BCUT2D eigenvalue weighted by Gasteiger charge is -2.30. The molecule has 0 bridgehead atoms. The lowest BCUT2D eigenvalue weighted by molar-refractivity contribution is -0.126. The third kappa shape index (κ3) is 5.94. The minimum Gasteiger partial charge on any atom is -0.495 e. The van der Waals surface area contributed by atoms with E-state index < -0.39 is 0 Å². The van der Waals surface area contributed by atoms with Crippen LogP contribution in [0.4, 0.5) is 10.5 Å². The summed E-state index contributed by atoms with van der Waals surface area (Å²) in [6.45, 7) is 5.46. The summed E-state index contributed by atoms with van der Waals surface area (Å²) in [6.07, 6.45) is 4.30. The molecule has 1 aliphatic carbocycles. The molecule has 3 unspecified atom stereocenters. The summed E-state index contributed by atoms with van der Waals surface area (Å²) in [5, 5.41) is 9.81. The molecule has 166 valence electrons. The maximum absolute atomic E-state index is 12.6. The number of amides is 3. The Bertz CT molecular complexity index is 758. The van der Waals surface area contributed by atoms with E-state index in [1.54, 1.807) is 7.11 Å². The van der Waals surface area contributed by atoms with E-state index in [0.717, 1.165) is 43.7 Å². The number of carbonyl (C=O) groups excluding carboxylic acids is 2. The first-order valence-electron chi connectivity index (χ1n) is 10.8. The third-order valence-electron chi connectivity index (χ3n) is 5.82. The van der Waals surface area contributed by atoms with Crippen molar-refractivity contribution < 1.29 is 14.3 Å². The van der Waals surface area contributed by atoms with Gasteiger partial charge >= 0.3 is 6.03 Å². The van der Waals surface area contributed by atoms with Gasteiger partial charge in [0.2, 0.25) is 5.91 Å². The second kappa shape index (κ2) is 10.2. The maximum atomic E-state index is 12.6. The molecule has 3 N–H and O–H groups in total. The zero-order valence-corrected chi connectivity index (χ0v) is 18.8. The number of hydrogen-bond acceptors (Lipinski definition) is 4. The van der Waals surface area contributed by atoms with Crippen LogP contribution in [0.3, 0.4) is 0 Å². The molecule has 1 saturated carbocycles. The molecule has 3 rings (SSSR count). The number of carbonyl (C=O) groups is 2. The summed E-state index contributed by atoms with van der Waals surface area (Å²) in [7, 11) is 1.64. The van der Waals surface area contributed by atoms with Crippen LogP contribution < -0.4 is 25.6 Å². The Morgan fingerprint density at radius 2 is 1.93 bits per heavy atom. The predicted molar refractivity (Wildman–Crippen MR) is 119 cm³/mol. The molecule has 30 heavy (non-hydrogen) atoms. The van der Waals surface area contributed by atoms with Crippen LogP contribution in [0.15, 0.2) is 18.2 Å². The molecule has 3 amide bonds. The minimum atomic E-state index is -0.158. The molecular weight excluding hydrogens is 404 g/mol. The number of hydrogen-bond donors (Lipinski definition) is 3. The first-order chi connectivity index (χ1) is 14.4. The summed E-state index contributed by atoms with van der Waals surface area (Å²) in [5.74, 6) is 0.847. The summed E-state index contributed by atoms with van der Waals surface area (Å²) in [4.78, 5) is 27.0. The topological polar surface area (TPSA) is 82.7 Å². The van der Waals surface area contributed by atoms with Crippen LogP contribution in [-0.2, 0) is 4.79 Å². The highest BCUT2D eigenvalue weighted by Crippen LogP contribution is 2.33. The zero-order chi connectivity index (χ0) is 21.7. The van der Waals surface area contributed by atoms with Gasteiger partial charge in [0.1, 0.15) is 5.75 Å². The Morgan fingerprint density at radius 1 is 1.17 bits per heavy atom. The molecule has 2 fully saturated rings. The number of nitrogens with one attached hydrogen (secondary N) is 3. The molecule has 8 heteroatoms. The monoisotopic (exact) mass is 436 g/mol. The number of methoxy groups -OCH3 is 1. The minimum absolute atomic E-state index is 0.0243. The number of benzene rings is 1. The summed E-state index contributed by atoms with van der Waals surface area (Å²) >= 11 is 6.15. The van der Waals surface area contributed by atoms with Gasteiger partial charge in [-0.15, -0.1) is 0 Å². The predicted octanol–water partition coefficient (Wildman–Crippen LogP) is 3.31. The van der Waals surface area contributed by atoms with Gasteiger partial charge < -0.3 is 25.6 Å². The molecule has 2 aliphatic rings. The van der Waals surface area contributed by atoms with Crippen LogP contribution in [0.1, 0.15) is 46.0 Å². The van der Waals surface area contributed by atoms with E-state index in [-0.39, 0.29) is 36.0 Å². The van der Waals surface area contributed by atoms with E-state index >= 15 is 0 Å². The largest absolute Gasteiger partial charge is 0.495 e. The Morgan fingerprint density at radius 3 is 2.67 bits per heavy atom. The lowest BCUT2D eigenvalue weighted by Crippen LogP contribution is -2.49. The molecular formula is C22H33ClN4O3. The molecule has 0 spiro atoms. The molecule has 1 aliphatic heterocycles. The fourth-order valence-electron chi connectivity index (χ4n) is 4.38. The van der Waals surface area contributed by atoms with E-state index in [1.807, 2.05) is 32.0 Å². The Labute approximate surface area is 183 Å². The van der Waals surface area contributed by atoms with Crippen LogP contribution >= 0.6 is 11.6 Å². The number of ether oxygens (including phenoxy) is 1. The van der Waals surface area contributed by atoms with Crippen LogP contribution in [0, 0.1) is 5.92 Å². The summed E-state index contributed by atoms with van der Waals surface area (Å²) in [5.41, 5.74) is 0.945. The molecule has 3 atom stereocenters. The third-order valence-corrected chi connectivity index (χ3v) is 6.05. The highest BCUT2D eigenvalue weighted by molar-refractivity contribution is 6.30. The standard InChI is InChI=1S/C22H33ClN4O3/c1-14(2)24-21(28)15-5-4-6-17(11-15)25-22(29)26-18-9-10-27(13-18)19-12-16(23)7-8-20(19)30-3/h7-8,12,14-15,17-18H,4-6,9-11,13H2,1-3H3,(H,24,28)(H2,25,26,29). The normalized spacial score (nSPS) is 23.9. The Hall–Kier alpha value is -2.15. The van der Waals surface area contributed by atoms with Crippen molar-refractivity contribution in [3.63, 3.8) is 0 Å². The van der Waals surface area contributed by atoms with Gasteiger partial charge in [0, 0.05) is 42.2 Å². The van der Waals surface area contributed by atoms with Gasteiger partial charge in [-0.3, -0.25) is 4.79 Å². The van der Waals surface area contributed by atoms with Crippen LogP contribution in [-0.4, -0.2) is 50.3 Å². The zero-order valence-electron chi connectivity index (χ0n) is 18.0. The molecule has 7 nitrogen and oxygen atoms in total. The van der Waals surface area contributed by atoms with Gasteiger partial charge in [0.15, 0.2) is 0 Å². The van der Waals surface area contributed by atoms with E-state index in [9.17, 15) is 9.59 Å². The first kappa shape index (κ1) is 22.5. The van der Waals surface area contributed by atoms with Crippen molar-refractivity contribution in [1.82, 2.24) is 16.0 Å². The van der Waals surface area contributed by atoms with E-state index in [0.29, 0.717) is 18.0 Å². The van der Waals surface area contributed by atoms with Crippen molar-refractivity contribution in [2.24, 2.45) is 5.92 Å². The molecule has 0 aromatic heterocycles. The van der Waals surface area contributed by atoms with Crippen LogP contribution in [0.5, 0.6) is 5.75 Å². The second-order valence-electron chi connectivity index (χ2n) is 8.59. The van der Waals surface area contributed by atoms with Gasteiger partial charge in [-0.25, -0.2) is 4.79 Å². The van der Waals surface area contributed by atoms with Gasteiger partial charge in [-0.05, 0) is 57.7 Å². The van der Waals surface area contributed by atoms with Crippen molar-refractivity contribution >= 4 is 29.2 Å². The maximum Gasteiger partial charge on any atom is 0.315 e. The quantitative estimate of drug-likeness (QED) is 0.638. The Kier molecular flexibility index (Phi) is 7.69. The smallest absolute Gasteiger partial charge is 0.315 e. The highest BCUT2D eigenvalue weighted by Gasteiger charge is 2.30.